The van der Waals surface area contributed by atoms with Gasteiger partial charge in [-0.15, -0.1) is 0 Å². The molecule has 3 aromatic rings. The number of anilines is 1. The first-order chi connectivity index (χ1) is 8.85. The molecule has 2 N–H and O–H groups in total. The number of hydrogen-bond donors (Lipinski definition) is 2. The molecule has 18 heavy (non-hydrogen) atoms. The second kappa shape index (κ2) is 4.56. The zero-order valence-corrected chi connectivity index (χ0v) is 10.2. The average Bonchev–Trinajstić information content (AvgIpc) is 3.04. The predicted molar refractivity (Wildman–Crippen MR) is 71.5 cm³/mol. The molecule has 0 unspecified atom stereocenters. The van der Waals surface area contributed by atoms with Crippen LogP contribution in [0.1, 0.15) is 18.4 Å². The molecule has 1 aromatic carbocycles. The van der Waals surface area contributed by atoms with Crippen LogP contribution in [0.2, 0.25) is 0 Å². The molecule has 0 aliphatic heterocycles. The second-order valence-corrected chi connectivity index (χ2v) is 4.25. The molecule has 0 fully saturated rings. The van der Waals surface area contributed by atoms with Gasteiger partial charge in [-0.05, 0) is 30.3 Å². The van der Waals surface area contributed by atoms with E-state index in [1.54, 1.807) is 0 Å². The minimum Gasteiger partial charge on any atom is -0.464 e. The van der Waals surface area contributed by atoms with E-state index < -0.39 is 0 Å². The molecule has 3 rings (SSSR count). The summed E-state index contributed by atoms with van der Waals surface area (Å²) in [5.41, 5.74) is 2.12. The summed E-state index contributed by atoms with van der Waals surface area (Å²) < 4.78 is 5.65. The normalized spacial score (nSPS) is 10.9. The summed E-state index contributed by atoms with van der Waals surface area (Å²) in [6.07, 6.45) is 2.75. The number of nitrogens with one attached hydrogen (secondary N) is 2. The molecule has 0 spiro atoms. The quantitative estimate of drug-likeness (QED) is 0.736. The lowest BCUT2D eigenvalue weighted by Crippen LogP contribution is -1.97. The Morgan fingerprint density at radius 2 is 2.11 bits per heavy atom. The van der Waals surface area contributed by atoms with Crippen molar-refractivity contribution in [3.63, 3.8) is 0 Å². The number of hydrogen-bond acceptors (Lipinski definition) is 3. The Morgan fingerprint density at radius 3 is 2.94 bits per heavy atom. The van der Waals surface area contributed by atoms with Gasteiger partial charge < -0.3 is 9.73 Å². The molecule has 0 bridgehead atoms. The molecular formula is C14H15N3O. The molecule has 92 valence electrons. The molecule has 0 radical (unpaired) electrons. The highest BCUT2D eigenvalue weighted by Crippen LogP contribution is 2.18. The first kappa shape index (κ1) is 10.9. The van der Waals surface area contributed by atoms with Gasteiger partial charge in [0.15, 0.2) is 0 Å². The Morgan fingerprint density at radius 1 is 1.22 bits per heavy atom. The standard InChI is InChI=1S/C14H15N3O/c1-2-12-4-5-13(18-12)9-15-11-3-6-14-10(7-11)8-16-17-14/h3-8,15H,2,9H2,1H3,(H,16,17). The van der Waals surface area contributed by atoms with Crippen molar-refractivity contribution in [1.82, 2.24) is 10.2 Å². The lowest BCUT2D eigenvalue weighted by atomic mass is 10.2. The summed E-state index contributed by atoms with van der Waals surface area (Å²) in [6, 6.07) is 10.2. The summed E-state index contributed by atoms with van der Waals surface area (Å²) in [4.78, 5) is 0. The van der Waals surface area contributed by atoms with Crippen molar-refractivity contribution in [2.75, 3.05) is 5.32 Å². The summed E-state index contributed by atoms with van der Waals surface area (Å²) in [5.74, 6) is 1.98. The Hall–Kier alpha value is -2.23. The van der Waals surface area contributed by atoms with Crippen LogP contribution in [0.3, 0.4) is 0 Å². The van der Waals surface area contributed by atoms with E-state index in [1.807, 2.05) is 30.5 Å². The molecule has 0 aliphatic carbocycles. The topological polar surface area (TPSA) is 53.9 Å². The van der Waals surface area contributed by atoms with E-state index in [9.17, 15) is 0 Å². The SMILES string of the molecule is CCc1ccc(CNc2ccc3[nH]ncc3c2)o1. The van der Waals surface area contributed by atoms with Gasteiger partial charge >= 0.3 is 0 Å². The Balaban J connectivity index is 1.72. The number of rotatable bonds is 4. The fourth-order valence-corrected chi connectivity index (χ4v) is 1.95. The molecule has 0 atom stereocenters. The third-order valence-electron chi connectivity index (χ3n) is 2.97. The van der Waals surface area contributed by atoms with Gasteiger partial charge in [0, 0.05) is 17.5 Å². The molecule has 0 saturated heterocycles. The van der Waals surface area contributed by atoms with Crippen LogP contribution in [0, 0.1) is 0 Å². The summed E-state index contributed by atoms with van der Waals surface area (Å²) in [6.45, 7) is 2.78. The van der Waals surface area contributed by atoms with Crippen LogP contribution in [0.5, 0.6) is 0 Å². The van der Waals surface area contributed by atoms with E-state index in [-0.39, 0.29) is 0 Å². The van der Waals surface area contributed by atoms with Gasteiger partial charge in [-0.25, -0.2) is 0 Å². The highest BCUT2D eigenvalue weighted by molar-refractivity contribution is 5.81. The fraction of sp³-hybridized carbons (Fsp3) is 0.214. The first-order valence-electron chi connectivity index (χ1n) is 6.10. The monoisotopic (exact) mass is 241 g/mol. The van der Waals surface area contributed by atoms with Gasteiger partial charge in [-0.2, -0.15) is 5.10 Å². The summed E-state index contributed by atoms with van der Waals surface area (Å²) >= 11 is 0. The Labute approximate surface area is 105 Å². The van der Waals surface area contributed by atoms with Crippen LogP contribution in [0.4, 0.5) is 5.69 Å². The van der Waals surface area contributed by atoms with Crippen molar-refractivity contribution in [2.24, 2.45) is 0 Å². The number of H-pyrrole nitrogens is 1. The van der Waals surface area contributed by atoms with Crippen LogP contribution >= 0.6 is 0 Å². The smallest absolute Gasteiger partial charge is 0.123 e. The Bertz CT molecular complexity index is 654. The van der Waals surface area contributed by atoms with Crippen LogP contribution in [0.25, 0.3) is 10.9 Å². The van der Waals surface area contributed by atoms with Crippen LogP contribution < -0.4 is 5.32 Å². The maximum Gasteiger partial charge on any atom is 0.123 e. The molecule has 0 saturated carbocycles. The average molecular weight is 241 g/mol. The number of aromatic amines is 1. The summed E-state index contributed by atoms with van der Waals surface area (Å²) in [5, 5.41) is 11.4. The van der Waals surface area contributed by atoms with Crippen LogP contribution in [0.15, 0.2) is 40.9 Å². The van der Waals surface area contributed by atoms with Crippen molar-refractivity contribution >= 4 is 16.6 Å². The number of nitrogens with zero attached hydrogens (tertiary/aromatic N) is 1. The zero-order valence-electron chi connectivity index (χ0n) is 10.2. The lowest BCUT2D eigenvalue weighted by molar-refractivity contribution is 0.476. The first-order valence-corrected chi connectivity index (χ1v) is 6.10. The number of aryl methyl sites for hydroxylation is 1. The number of aromatic nitrogens is 2. The van der Waals surface area contributed by atoms with Crippen molar-refractivity contribution in [2.45, 2.75) is 19.9 Å². The predicted octanol–water partition coefficient (Wildman–Crippen LogP) is 3.33. The minimum atomic E-state index is 0.698. The van der Waals surface area contributed by atoms with Crippen molar-refractivity contribution in [3.05, 3.63) is 48.0 Å². The third kappa shape index (κ3) is 2.09. The second-order valence-electron chi connectivity index (χ2n) is 4.25. The number of benzene rings is 1. The molecule has 2 aromatic heterocycles. The highest BCUT2D eigenvalue weighted by Gasteiger charge is 2.01. The number of furan rings is 1. The lowest BCUT2D eigenvalue weighted by Gasteiger charge is -2.04. The minimum absolute atomic E-state index is 0.698. The molecule has 4 nitrogen and oxygen atoms in total. The van der Waals surface area contributed by atoms with Gasteiger partial charge in [0.1, 0.15) is 11.5 Å². The summed E-state index contributed by atoms with van der Waals surface area (Å²) in [7, 11) is 0. The van der Waals surface area contributed by atoms with Gasteiger partial charge in [0.2, 0.25) is 0 Å². The van der Waals surface area contributed by atoms with E-state index in [2.05, 4.69) is 28.5 Å². The molecule has 0 aliphatic rings. The molecule has 2 heterocycles. The van der Waals surface area contributed by atoms with E-state index >= 15 is 0 Å². The maximum atomic E-state index is 5.65. The molecule has 0 amide bonds. The van der Waals surface area contributed by atoms with Gasteiger partial charge in [-0.3, -0.25) is 5.10 Å². The Kier molecular flexibility index (Phi) is 2.76. The van der Waals surface area contributed by atoms with Crippen LogP contribution in [-0.4, -0.2) is 10.2 Å². The molecule has 4 heteroatoms. The maximum absolute atomic E-state index is 5.65. The highest BCUT2D eigenvalue weighted by atomic mass is 16.3. The van der Waals surface area contributed by atoms with E-state index in [1.165, 1.54) is 0 Å². The van der Waals surface area contributed by atoms with Crippen molar-refractivity contribution < 1.29 is 4.42 Å². The molecular weight excluding hydrogens is 226 g/mol. The van der Waals surface area contributed by atoms with Gasteiger partial charge in [0.25, 0.3) is 0 Å². The largest absolute Gasteiger partial charge is 0.464 e. The van der Waals surface area contributed by atoms with E-state index in [4.69, 9.17) is 4.42 Å². The number of fused-ring (bicyclic) bond motifs is 1. The van der Waals surface area contributed by atoms with Crippen molar-refractivity contribution in [1.29, 1.82) is 0 Å². The van der Waals surface area contributed by atoms with E-state index in [0.717, 1.165) is 34.5 Å². The van der Waals surface area contributed by atoms with Gasteiger partial charge in [-0.1, -0.05) is 6.92 Å². The zero-order chi connectivity index (χ0) is 12.4. The van der Waals surface area contributed by atoms with E-state index in [0.29, 0.717) is 6.54 Å². The van der Waals surface area contributed by atoms with Gasteiger partial charge in [0.05, 0.1) is 18.3 Å². The van der Waals surface area contributed by atoms with Crippen molar-refractivity contribution in [3.8, 4) is 0 Å². The third-order valence-corrected chi connectivity index (χ3v) is 2.97. The van der Waals surface area contributed by atoms with Crippen LogP contribution in [-0.2, 0) is 13.0 Å². The fourth-order valence-electron chi connectivity index (χ4n) is 1.95.